The fourth-order valence-corrected chi connectivity index (χ4v) is 4.71. The Bertz CT molecular complexity index is 1180. The van der Waals surface area contributed by atoms with Crippen molar-refractivity contribution in [1.29, 1.82) is 0 Å². The van der Waals surface area contributed by atoms with E-state index in [2.05, 4.69) is 9.71 Å². The number of rotatable bonds is 8. The van der Waals surface area contributed by atoms with Gasteiger partial charge in [0.15, 0.2) is 5.13 Å². The van der Waals surface area contributed by atoms with Crippen LogP contribution in [0.3, 0.4) is 0 Å². The molecule has 0 spiro atoms. The first-order chi connectivity index (χ1) is 14.8. The molecule has 0 radical (unpaired) electrons. The van der Waals surface area contributed by atoms with Gasteiger partial charge in [0.05, 0.1) is 21.8 Å². The number of hydrogen-bond acceptors (Lipinski definition) is 7. The number of thiazole rings is 1. The van der Waals surface area contributed by atoms with E-state index >= 15 is 0 Å². The van der Waals surface area contributed by atoms with Crippen LogP contribution in [0.15, 0.2) is 64.9 Å². The number of nitrogens with one attached hydrogen (secondary N) is 1. The van der Waals surface area contributed by atoms with Gasteiger partial charge in [0, 0.05) is 18.8 Å². The van der Waals surface area contributed by atoms with Crippen molar-refractivity contribution in [2.45, 2.75) is 25.3 Å². The first kappa shape index (κ1) is 22.6. The molecule has 10 heteroatoms. The standard InChI is InChI=1S/C21H21N3O5S2/c1-3-22-31(27,28)19-11-7-8-16(12-19)20(26)29-13-17-14-30-21(23-17)24(15(2)25)18-9-5-4-6-10-18/h4-12,14,22H,3,13H2,1-2H3. The molecule has 0 saturated carbocycles. The number of benzene rings is 2. The lowest BCUT2D eigenvalue weighted by Gasteiger charge is -2.17. The number of carbonyl (C=O) groups excluding carboxylic acids is 2. The Labute approximate surface area is 184 Å². The average Bonchev–Trinajstić information content (AvgIpc) is 3.21. The number of anilines is 2. The molecular formula is C21H21N3O5S2. The Kier molecular flexibility index (Phi) is 7.16. The first-order valence-corrected chi connectivity index (χ1v) is 11.7. The van der Waals surface area contributed by atoms with Gasteiger partial charge in [-0.25, -0.2) is 22.9 Å². The molecule has 31 heavy (non-hydrogen) atoms. The second kappa shape index (κ2) is 9.82. The molecule has 3 aromatic rings. The summed E-state index contributed by atoms with van der Waals surface area (Å²) in [6, 6.07) is 14.7. The fraction of sp³-hybridized carbons (Fsp3) is 0.190. The van der Waals surface area contributed by atoms with Gasteiger partial charge in [0.1, 0.15) is 6.61 Å². The van der Waals surface area contributed by atoms with Crippen molar-refractivity contribution in [3.05, 3.63) is 71.2 Å². The van der Waals surface area contributed by atoms with E-state index in [0.29, 0.717) is 16.5 Å². The lowest BCUT2D eigenvalue weighted by Crippen LogP contribution is -2.23. The average molecular weight is 460 g/mol. The number of amides is 1. The molecule has 0 atom stereocenters. The number of aromatic nitrogens is 1. The van der Waals surface area contributed by atoms with Gasteiger partial charge in [-0.2, -0.15) is 0 Å². The third-order valence-corrected chi connectivity index (χ3v) is 6.54. The highest BCUT2D eigenvalue weighted by atomic mass is 32.2. The van der Waals surface area contributed by atoms with Crippen molar-refractivity contribution in [1.82, 2.24) is 9.71 Å². The van der Waals surface area contributed by atoms with Crippen LogP contribution in [0.5, 0.6) is 0 Å². The van der Waals surface area contributed by atoms with Crippen LogP contribution in [-0.2, 0) is 26.2 Å². The maximum absolute atomic E-state index is 12.4. The summed E-state index contributed by atoms with van der Waals surface area (Å²) in [4.78, 5) is 30.4. The van der Waals surface area contributed by atoms with Crippen LogP contribution in [-0.4, -0.2) is 31.8 Å². The Hall–Kier alpha value is -3.08. The van der Waals surface area contributed by atoms with Crippen LogP contribution >= 0.6 is 11.3 Å². The zero-order chi connectivity index (χ0) is 22.4. The number of ether oxygens (including phenoxy) is 1. The molecule has 1 amide bonds. The molecule has 0 aliphatic carbocycles. The number of para-hydroxylation sites is 1. The Morgan fingerprint density at radius 2 is 1.87 bits per heavy atom. The largest absolute Gasteiger partial charge is 0.456 e. The Balaban J connectivity index is 1.71. The maximum atomic E-state index is 12.4. The van der Waals surface area contributed by atoms with Gasteiger partial charge in [0.25, 0.3) is 0 Å². The zero-order valence-electron chi connectivity index (χ0n) is 16.9. The van der Waals surface area contributed by atoms with Gasteiger partial charge in [-0.15, -0.1) is 11.3 Å². The topological polar surface area (TPSA) is 106 Å². The third kappa shape index (κ3) is 5.54. The summed E-state index contributed by atoms with van der Waals surface area (Å²) >= 11 is 1.25. The van der Waals surface area contributed by atoms with Gasteiger partial charge in [0.2, 0.25) is 15.9 Å². The normalized spacial score (nSPS) is 11.2. The van der Waals surface area contributed by atoms with Gasteiger partial charge >= 0.3 is 5.97 Å². The van der Waals surface area contributed by atoms with E-state index in [1.807, 2.05) is 18.2 Å². The number of hydrogen-bond donors (Lipinski definition) is 1. The zero-order valence-corrected chi connectivity index (χ0v) is 18.6. The molecule has 0 fully saturated rings. The summed E-state index contributed by atoms with van der Waals surface area (Å²) in [5.74, 6) is -0.864. The van der Waals surface area contributed by atoms with Crippen molar-refractivity contribution in [3.8, 4) is 0 Å². The van der Waals surface area contributed by atoms with Crippen molar-refractivity contribution in [2.24, 2.45) is 0 Å². The number of esters is 1. The van der Waals surface area contributed by atoms with Crippen LogP contribution in [0.25, 0.3) is 0 Å². The third-order valence-electron chi connectivity index (χ3n) is 4.13. The minimum absolute atomic E-state index is 0.0142. The highest BCUT2D eigenvalue weighted by Gasteiger charge is 2.19. The molecule has 0 aliphatic heterocycles. The lowest BCUT2D eigenvalue weighted by molar-refractivity contribution is -0.115. The predicted octanol–water partition coefficient (Wildman–Crippen LogP) is 3.48. The molecule has 1 aromatic heterocycles. The van der Waals surface area contributed by atoms with E-state index < -0.39 is 16.0 Å². The van der Waals surface area contributed by atoms with Crippen LogP contribution in [0.4, 0.5) is 10.8 Å². The molecule has 1 heterocycles. The number of carbonyl (C=O) groups is 2. The minimum atomic E-state index is -3.68. The Morgan fingerprint density at radius 3 is 2.55 bits per heavy atom. The molecule has 0 saturated heterocycles. The van der Waals surface area contributed by atoms with E-state index in [-0.39, 0.29) is 29.5 Å². The Morgan fingerprint density at radius 1 is 1.13 bits per heavy atom. The molecule has 0 unspecified atom stereocenters. The van der Waals surface area contributed by atoms with E-state index in [1.54, 1.807) is 24.4 Å². The number of sulfonamides is 1. The van der Waals surface area contributed by atoms with Crippen molar-refractivity contribution < 1.29 is 22.7 Å². The monoisotopic (exact) mass is 459 g/mol. The minimum Gasteiger partial charge on any atom is -0.456 e. The highest BCUT2D eigenvalue weighted by molar-refractivity contribution is 7.89. The summed E-state index contributed by atoms with van der Waals surface area (Å²) in [6.45, 7) is 3.24. The van der Waals surface area contributed by atoms with E-state index in [4.69, 9.17) is 4.74 Å². The molecule has 2 aromatic carbocycles. The second-order valence-corrected chi connectivity index (χ2v) is 9.02. The molecule has 162 valence electrons. The summed E-state index contributed by atoms with van der Waals surface area (Å²) in [5.41, 5.74) is 1.28. The van der Waals surface area contributed by atoms with Crippen molar-refractivity contribution in [3.63, 3.8) is 0 Å². The van der Waals surface area contributed by atoms with Gasteiger partial charge < -0.3 is 4.74 Å². The fourth-order valence-electron chi connectivity index (χ4n) is 2.76. The van der Waals surface area contributed by atoms with E-state index in [9.17, 15) is 18.0 Å². The first-order valence-electron chi connectivity index (χ1n) is 9.39. The quantitative estimate of drug-likeness (QED) is 0.517. The van der Waals surface area contributed by atoms with Crippen LogP contribution in [0, 0.1) is 0 Å². The summed E-state index contributed by atoms with van der Waals surface area (Å²) in [7, 11) is -3.68. The van der Waals surface area contributed by atoms with Crippen LogP contribution in [0.2, 0.25) is 0 Å². The molecule has 3 rings (SSSR count). The van der Waals surface area contributed by atoms with Crippen molar-refractivity contribution in [2.75, 3.05) is 11.4 Å². The molecule has 0 aliphatic rings. The summed E-state index contributed by atoms with van der Waals surface area (Å²) in [5, 5.41) is 2.16. The smallest absolute Gasteiger partial charge is 0.338 e. The maximum Gasteiger partial charge on any atom is 0.338 e. The van der Waals surface area contributed by atoms with Crippen molar-refractivity contribution >= 4 is 44.1 Å². The van der Waals surface area contributed by atoms with E-state index in [1.165, 1.54) is 47.4 Å². The second-order valence-electron chi connectivity index (χ2n) is 6.42. The van der Waals surface area contributed by atoms with Gasteiger partial charge in [-0.05, 0) is 30.3 Å². The number of nitrogens with zero attached hydrogens (tertiary/aromatic N) is 2. The van der Waals surface area contributed by atoms with Crippen LogP contribution < -0.4 is 9.62 Å². The predicted molar refractivity (Wildman–Crippen MR) is 118 cm³/mol. The van der Waals surface area contributed by atoms with Gasteiger partial charge in [-0.3, -0.25) is 9.69 Å². The summed E-state index contributed by atoms with van der Waals surface area (Å²) in [6.07, 6.45) is 0. The SMILES string of the molecule is CCNS(=O)(=O)c1cccc(C(=O)OCc2csc(N(C(C)=O)c3ccccc3)n2)c1. The highest BCUT2D eigenvalue weighted by Crippen LogP contribution is 2.29. The molecule has 1 N–H and O–H groups in total. The van der Waals surface area contributed by atoms with Crippen LogP contribution in [0.1, 0.15) is 29.9 Å². The van der Waals surface area contributed by atoms with Gasteiger partial charge in [-0.1, -0.05) is 31.2 Å². The molecule has 0 bridgehead atoms. The molecule has 8 nitrogen and oxygen atoms in total. The lowest BCUT2D eigenvalue weighted by atomic mass is 10.2. The molecular weight excluding hydrogens is 438 g/mol. The summed E-state index contributed by atoms with van der Waals surface area (Å²) < 4.78 is 31.9. The van der Waals surface area contributed by atoms with E-state index in [0.717, 1.165) is 0 Å².